The number of hydrogen-bond acceptors (Lipinski definition) is 5. The molecule has 0 unspecified atom stereocenters. The number of benzene rings is 1. The summed E-state index contributed by atoms with van der Waals surface area (Å²) in [7, 11) is 0. The van der Waals surface area contributed by atoms with Gasteiger partial charge in [0.15, 0.2) is 12.7 Å². The highest BCUT2D eigenvalue weighted by atomic mass is 16.6. The molecule has 0 aliphatic heterocycles. The van der Waals surface area contributed by atoms with Gasteiger partial charge in [0.05, 0.1) is 6.54 Å². The highest BCUT2D eigenvalue weighted by molar-refractivity contribution is 5.86. The molecule has 7 nitrogen and oxygen atoms in total. The minimum Gasteiger partial charge on any atom is -0.479 e. The van der Waals surface area contributed by atoms with Crippen molar-refractivity contribution < 1.29 is 23.9 Å². The molecule has 3 N–H and O–H groups in total. The Morgan fingerprint density at radius 2 is 1.90 bits per heavy atom. The molecule has 1 rings (SSSR count). The molecular weight excluding hydrogens is 264 g/mol. The average molecular weight is 280 g/mol. The van der Waals surface area contributed by atoms with Crippen LogP contribution >= 0.6 is 0 Å². The van der Waals surface area contributed by atoms with Crippen LogP contribution in [-0.4, -0.2) is 37.0 Å². The van der Waals surface area contributed by atoms with Gasteiger partial charge in [-0.05, 0) is 19.1 Å². The fourth-order valence-corrected chi connectivity index (χ4v) is 1.24. The van der Waals surface area contributed by atoms with E-state index in [1.165, 1.54) is 6.92 Å². The third kappa shape index (κ3) is 5.85. The molecule has 0 aromatic heterocycles. The summed E-state index contributed by atoms with van der Waals surface area (Å²) in [5.41, 5.74) is 4.85. The van der Waals surface area contributed by atoms with E-state index in [0.717, 1.165) is 0 Å². The van der Waals surface area contributed by atoms with Gasteiger partial charge >= 0.3 is 5.97 Å². The van der Waals surface area contributed by atoms with E-state index in [2.05, 4.69) is 5.32 Å². The van der Waals surface area contributed by atoms with Crippen LogP contribution in [0.15, 0.2) is 30.3 Å². The first-order valence-electron chi connectivity index (χ1n) is 5.92. The highest BCUT2D eigenvalue weighted by Gasteiger charge is 2.17. The van der Waals surface area contributed by atoms with Crippen molar-refractivity contribution in [2.75, 3.05) is 13.2 Å². The van der Waals surface area contributed by atoms with Crippen LogP contribution in [0.2, 0.25) is 0 Å². The minimum atomic E-state index is -0.846. The second kappa shape index (κ2) is 7.78. The van der Waals surface area contributed by atoms with Gasteiger partial charge in [0, 0.05) is 0 Å². The molecule has 0 radical (unpaired) electrons. The first-order chi connectivity index (χ1) is 9.49. The Morgan fingerprint density at radius 3 is 2.50 bits per heavy atom. The van der Waals surface area contributed by atoms with Crippen molar-refractivity contribution >= 4 is 17.8 Å². The van der Waals surface area contributed by atoms with Gasteiger partial charge in [0.2, 0.25) is 5.91 Å². The van der Waals surface area contributed by atoms with Crippen LogP contribution in [0.25, 0.3) is 0 Å². The lowest BCUT2D eigenvalue weighted by molar-refractivity contribution is -0.154. The van der Waals surface area contributed by atoms with Crippen LogP contribution in [-0.2, 0) is 19.1 Å². The number of primary amides is 1. The van der Waals surface area contributed by atoms with Crippen LogP contribution in [0.1, 0.15) is 6.92 Å². The van der Waals surface area contributed by atoms with Crippen LogP contribution in [0, 0.1) is 0 Å². The molecule has 108 valence electrons. The largest absolute Gasteiger partial charge is 0.479 e. The fraction of sp³-hybridized carbons (Fsp3) is 0.308. The summed E-state index contributed by atoms with van der Waals surface area (Å²) in [6.45, 7) is 0.720. The molecule has 7 heteroatoms. The predicted molar refractivity (Wildman–Crippen MR) is 69.7 cm³/mol. The van der Waals surface area contributed by atoms with Gasteiger partial charge < -0.3 is 20.5 Å². The van der Waals surface area contributed by atoms with Gasteiger partial charge in [0.25, 0.3) is 5.91 Å². The molecule has 1 atom stereocenters. The van der Waals surface area contributed by atoms with Gasteiger partial charge in [-0.2, -0.15) is 0 Å². The molecule has 1 aromatic rings. The Balaban J connectivity index is 2.31. The lowest BCUT2D eigenvalue weighted by atomic mass is 10.3. The van der Waals surface area contributed by atoms with Crippen molar-refractivity contribution in [2.24, 2.45) is 5.73 Å². The van der Waals surface area contributed by atoms with Gasteiger partial charge in [-0.25, -0.2) is 4.79 Å². The molecule has 0 saturated carbocycles. The number of nitrogens with two attached hydrogens (primary N) is 1. The zero-order valence-corrected chi connectivity index (χ0v) is 11.0. The van der Waals surface area contributed by atoms with Crippen LogP contribution in [0.4, 0.5) is 0 Å². The van der Waals surface area contributed by atoms with E-state index in [-0.39, 0.29) is 6.54 Å². The molecule has 0 bridgehead atoms. The van der Waals surface area contributed by atoms with Crippen molar-refractivity contribution in [1.82, 2.24) is 5.32 Å². The summed E-state index contributed by atoms with van der Waals surface area (Å²) in [6, 6.07) is 8.75. The molecule has 20 heavy (non-hydrogen) atoms. The maximum Gasteiger partial charge on any atom is 0.347 e. The second-order valence-corrected chi connectivity index (χ2v) is 3.92. The summed E-state index contributed by atoms with van der Waals surface area (Å²) in [6.07, 6.45) is -0.846. The quantitative estimate of drug-likeness (QED) is 0.661. The molecule has 0 spiro atoms. The first-order valence-corrected chi connectivity index (χ1v) is 5.92. The number of para-hydroxylation sites is 1. The van der Waals surface area contributed by atoms with Crippen LogP contribution in [0.5, 0.6) is 5.75 Å². The fourth-order valence-electron chi connectivity index (χ4n) is 1.24. The van der Waals surface area contributed by atoms with Gasteiger partial charge in [-0.3, -0.25) is 9.59 Å². The third-order valence-corrected chi connectivity index (χ3v) is 2.19. The Labute approximate surface area is 116 Å². The molecule has 0 aliphatic rings. The predicted octanol–water partition coefficient (Wildman–Crippen LogP) is -0.401. The smallest absolute Gasteiger partial charge is 0.347 e. The molecule has 1 aromatic carbocycles. The second-order valence-electron chi connectivity index (χ2n) is 3.92. The van der Waals surface area contributed by atoms with Gasteiger partial charge in [-0.1, -0.05) is 18.2 Å². The summed E-state index contributed by atoms with van der Waals surface area (Å²) in [5, 5.41) is 2.19. The molecular formula is C13H16N2O5. The summed E-state index contributed by atoms with van der Waals surface area (Å²) >= 11 is 0. The zero-order valence-electron chi connectivity index (χ0n) is 11.0. The van der Waals surface area contributed by atoms with Crippen molar-refractivity contribution in [1.29, 1.82) is 0 Å². The summed E-state index contributed by atoms with van der Waals surface area (Å²) in [4.78, 5) is 33.2. The first kappa shape index (κ1) is 15.5. The van der Waals surface area contributed by atoms with E-state index in [0.29, 0.717) is 5.75 Å². The van der Waals surface area contributed by atoms with E-state index in [1.807, 2.05) is 6.07 Å². The van der Waals surface area contributed by atoms with Crippen molar-refractivity contribution in [3.63, 3.8) is 0 Å². The standard InChI is InChI=1S/C13H16N2O5/c1-9(20-10-5-3-2-4-6-10)13(18)19-8-12(17)15-7-11(14)16/h2-6,9H,7-8H2,1H3,(H2,14,16)(H,15,17)/t9-/m0/s1. The molecule has 0 aliphatic carbocycles. The Morgan fingerprint density at radius 1 is 1.25 bits per heavy atom. The number of carbonyl (C=O) groups excluding carboxylic acids is 3. The van der Waals surface area contributed by atoms with E-state index in [1.54, 1.807) is 24.3 Å². The van der Waals surface area contributed by atoms with E-state index in [4.69, 9.17) is 15.2 Å². The molecule has 0 saturated heterocycles. The molecule has 0 heterocycles. The van der Waals surface area contributed by atoms with Crippen LogP contribution in [0.3, 0.4) is 0 Å². The number of esters is 1. The zero-order chi connectivity index (χ0) is 15.0. The van der Waals surface area contributed by atoms with E-state index >= 15 is 0 Å². The number of ether oxygens (including phenoxy) is 2. The van der Waals surface area contributed by atoms with Crippen LogP contribution < -0.4 is 15.8 Å². The SMILES string of the molecule is C[C@H](Oc1ccccc1)C(=O)OCC(=O)NCC(N)=O. The maximum atomic E-state index is 11.6. The number of amides is 2. The Bertz CT molecular complexity index is 475. The van der Waals surface area contributed by atoms with E-state index < -0.39 is 30.5 Å². The lowest BCUT2D eigenvalue weighted by Crippen LogP contribution is -2.37. The third-order valence-electron chi connectivity index (χ3n) is 2.19. The topological polar surface area (TPSA) is 108 Å². The van der Waals surface area contributed by atoms with Crippen molar-refractivity contribution in [3.8, 4) is 5.75 Å². The minimum absolute atomic E-state index is 0.299. The Hall–Kier alpha value is -2.57. The highest BCUT2D eigenvalue weighted by Crippen LogP contribution is 2.11. The number of nitrogens with one attached hydrogen (secondary N) is 1. The lowest BCUT2D eigenvalue weighted by Gasteiger charge is -2.13. The summed E-state index contributed by atoms with van der Waals surface area (Å²) in [5.74, 6) is -1.44. The average Bonchev–Trinajstić information content (AvgIpc) is 2.43. The molecule has 2 amide bonds. The van der Waals surface area contributed by atoms with Crippen molar-refractivity contribution in [3.05, 3.63) is 30.3 Å². The summed E-state index contributed by atoms with van der Waals surface area (Å²) < 4.78 is 10.1. The van der Waals surface area contributed by atoms with E-state index in [9.17, 15) is 14.4 Å². The normalized spacial score (nSPS) is 11.2. The van der Waals surface area contributed by atoms with Gasteiger partial charge in [-0.15, -0.1) is 0 Å². The van der Waals surface area contributed by atoms with Gasteiger partial charge in [0.1, 0.15) is 5.75 Å². The monoisotopic (exact) mass is 280 g/mol. The number of hydrogen-bond donors (Lipinski definition) is 2. The number of carbonyl (C=O) groups is 3. The maximum absolute atomic E-state index is 11.6. The Kier molecular flexibility index (Phi) is 6.02. The number of rotatable bonds is 7. The molecule has 0 fully saturated rings. The van der Waals surface area contributed by atoms with Crippen molar-refractivity contribution in [2.45, 2.75) is 13.0 Å².